The van der Waals surface area contributed by atoms with Gasteiger partial charge in [0.1, 0.15) is 5.82 Å². The lowest BCUT2D eigenvalue weighted by molar-refractivity contribution is -0.120. The fraction of sp³-hybridized carbons (Fsp3) is 0.143. The Balaban J connectivity index is 1.86. The standard InChI is InChI=1S/C14H14FN3O/c1-18-8-2-3-13(18)9-14(19)17-16-10-11-4-6-12(15)7-5-11/h2-8,10H,9H2,1H3,(H,17,19)/b16-10-. The van der Waals surface area contributed by atoms with E-state index in [9.17, 15) is 9.18 Å². The predicted octanol–water partition coefficient (Wildman–Crippen LogP) is 1.86. The topological polar surface area (TPSA) is 46.4 Å². The average Bonchev–Trinajstić information content (AvgIpc) is 2.78. The van der Waals surface area contributed by atoms with Crippen LogP contribution in [0.25, 0.3) is 0 Å². The molecule has 0 fully saturated rings. The molecule has 0 aliphatic heterocycles. The molecule has 0 spiro atoms. The van der Waals surface area contributed by atoms with E-state index in [4.69, 9.17) is 0 Å². The molecular weight excluding hydrogens is 245 g/mol. The second-order valence-corrected chi connectivity index (χ2v) is 4.13. The SMILES string of the molecule is Cn1cccc1CC(=O)N/N=C\c1ccc(F)cc1. The first-order valence-electron chi connectivity index (χ1n) is 5.83. The molecule has 0 saturated carbocycles. The van der Waals surface area contributed by atoms with Crippen LogP contribution in [0.4, 0.5) is 4.39 Å². The highest BCUT2D eigenvalue weighted by atomic mass is 19.1. The summed E-state index contributed by atoms with van der Waals surface area (Å²) in [6.45, 7) is 0. The number of amides is 1. The Bertz CT molecular complexity index is 587. The lowest BCUT2D eigenvalue weighted by atomic mass is 10.2. The number of aryl methyl sites for hydroxylation is 1. The van der Waals surface area contributed by atoms with Crippen LogP contribution in [0.2, 0.25) is 0 Å². The maximum absolute atomic E-state index is 12.7. The van der Waals surface area contributed by atoms with Crippen molar-refractivity contribution >= 4 is 12.1 Å². The zero-order valence-corrected chi connectivity index (χ0v) is 10.5. The molecule has 19 heavy (non-hydrogen) atoms. The van der Waals surface area contributed by atoms with E-state index >= 15 is 0 Å². The maximum atomic E-state index is 12.7. The van der Waals surface area contributed by atoms with Gasteiger partial charge in [-0.3, -0.25) is 4.79 Å². The first kappa shape index (κ1) is 13.0. The lowest BCUT2D eigenvalue weighted by Crippen LogP contribution is -2.20. The van der Waals surface area contributed by atoms with Crippen LogP contribution in [0.1, 0.15) is 11.3 Å². The minimum absolute atomic E-state index is 0.194. The van der Waals surface area contributed by atoms with Crippen molar-refractivity contribution in [1.82, 2.24) is 9.99 Å². The molecule has 0 atom stereocenters. The molecule has 1 N–H and O–H groups in total. The molecule has 98 valence electrons. The molecule has 0 radical (unpaired) electrons. The number of hydrazone groups is 1. The first-order chi connectivity index (χ1) is 9.15. The van der Waals surface area contributed by atoms with Gasteiger partial charge < -0.3 is 4.57 Å². The van der Waals surface area contributed by atoms with E-state index in [1.807, 2.05) is 29.9 Å². The third-order valence-corrected chi connectivity index (χ3v) is 2.67. The predicted molar refractivity (Wildman–Crippen MR) is 71.3 cm³/mol. The monoisotopic (exact) mass is 259 g/mol. The molecule has 1 aromatic heterocycles. The second-order valence-electron chi connectivity index (χ2n) is 4.13. The molecule has 0 unspecified atom stereocenters. The van der Waals surface area contributed by atoms with Gasteiger partial charge in [-0.1, -0.05) is 12.1 Å². The van der Waals surface area contributed by atoms with Crippen LogP contribution in [0, 0.1) is 5.82 Å². The fourth-order valence-electron chi connectivity index (χ4n) is 1.61. The van der Waals surface area contributed by atoms with Crippen LogP contribution in [0.5, 0.6) is 0 Å². The van der Waals surface area contributed by atoms with E-state index in [1.54, 1.807) is 12.1 Å². The van der Waals surface area contributed by atoms with Gasteiger partial charge in [-0.2, -0.15) is 5.10 Å². The lowest BCUT2D eigenvalue weighted by Gasteiger charge is -2.01. The molecule has 4 nitrogen and oxygen atoms in total. The van der Waals surface area contributed by atoms with Crippen molar-refractivity contribution in [2.45, 2.75) is 6.42 Å². The summed E-state index contributed by atoms with van der Waals surface area (Å²) in [6, 6.07) is 9.61. The highest BCUT2D eigenvalue weighted by Crippen LogP contribution is 2.01. The maximum Gasteiger partial charge on any atom is 0.245 e. The van der Waals surface area contributed by atoms with E-state index in [0.29, 0.717) is 0 Å². The Morgan fingerprint density at radius 1 is 1.37 bits per heavy atom. The van der Waals surface area contributed by atoms with E-state index in [1.165, 1.54) is 18.3 Å². The third kappa shape index (κ3) is 3.77. The van der Waals surface area contributed by atoms with Gasteiger partial charge in [-0.25, -0.2) is 9.82 Å². The smallest absolute Gasteiger partial charge is 0.245 e. The summed E-state index contributed by atoms with van der Waals surface area (Å²) >= 11 is 0. The van der Waals surface area contributed by atoms with Crippen LogP contribution in [0.15, 0.2) is 47.7 Å². The highest BCUT2D eigenvalue weighted by Gasteiger charge is 2.04. The number of carbonyl (C=O) groups excluding carboxylic acids is 1. The average molecular weight is 259 g/mol. The van der Waals surface area contributed by atoms with Gasteiger partial charge in [0.15, 0.2) is 0 Å². The van der Waals surface area contributed by atoms with Crippen molar-refractivity contribution in [2.75, 3.05) is 0 Å². The molecule has 1 amide bonds. The van der Waals surface area contributed by atoms with E-state index in [2.05, 4.69) is 10.5 Å². The number of nitrogens with zero attached hydrogens (tertiary/aromatic N) is 2. The van der Waals surface area contributed by atoms with Crippen molar-refractivity contribution in [1.29, 1.82) is 0 Å². The quantitative estimate of drug-likeness (QED) is 0.661. The molecule has 0 saturated heterocycles. The first-order valence-corrected chi connectivity index (χ1v) is 5.83. The number of rotatable bonds is 4. The minimum atomic E-state index is -0.301. The molecular formula is C14H14FN3O. The molecule has 1 heterocycles. The fourth-order valence-corrected chi connectivity index (χ4v) is 1.61. The number of hydrogen-bond donors (Lipinski definition) is 1. The summed E-state index contributed by atoms with van der Waals surface area (Å²) in [6.07, 6.45) is 3.62. The van der Waals surface area contributed by atoms with Gasteiger partial charge in [-0.05, 0) is 29.8 Å². The van der Waals surface area contributed by atoms with Gasteiger partial charge in [0.05, 0.1) is 12.6 Å². The van der Waals surface area contributed by atoms with Crippen LogP contribution >= 0.6 is 0 Å². The van der Waals surface area contributed by atoms with Gasteiger partial charge >= 0.3 is 0 Å². The van der Waals surface area contributed by atoms with Crippen molar-refractivity contribution in [2.24, 2.45) is 12.1 Å². The Hall–Kier alpha value is -2.43. The van der Waals surface area contributed by atoms with Gasteiger partial charge in [-0.15, -0.1) is 0 Å². The Morgan fingerprint density at radius 2 is 2.11 bits per heavy atom. The van der Waals surface area contributed by atoms with Gasteiger partial charge in [0.25, 0.3) is 0 Å². The Kier molecular flexibility index (Phi) is 4.07. The Morgan fingerprint density at radius 3 is 2.74 bits per heavy atom. The van der Waals surface area contributed by atoms with E-state index in [0.717, 1.165) is 11.3 Å². The molecule has 2 aromatic rings. The third-order valence-electron chi connectivity index (χ3n) is 2.67. The zero-order chi connectivity index (χ0) is 13.7. The molecule has 2 rings (SSSR count). The number of benzene rings is 1. The number of hydrogen-bond acceptors (Lipinski definition) is 2. The highest BCUT2D eigenvalue weighted by molar-refractivity contribution is 5.83. The summed E-state index contributed by atoms with van der Waals surface area (Å²) in [5, 5.41) is 3.83. The molecule has 0 aliphatic carbocycles. The van der Waals surface area contributed by atoms with Crippen molar-refractivity contribution in [3.63, 3.8) is 0 Å². The van der Waals surface area contributed by atoms with Gasteiger partial charge in [0.2, 0.25) is 5.91 Å². The zero-order valence-electron chi connectivity index (χ0n) is 10.5. The normalized spacial score (nSPS) is 10.8. The van der Waals surface area contributed by atoms with E-state index < -0.39 is 0 Å². The summed E-state index contributed by atoms with van der Waals surface area (Å²) in [5.74, 6) is -0.495. The van der Waals surface area contributed by atoms with Crippen molar-refractivity contribution in [3.05, 3.63) is 59.7 Å². The largest absolute Gasteiger partial charge is 0.354 e. The van der Waals surface area contributed by atoms with Crippen LogP contribution < -0.4 is 5.43 Å². The van der Waals surface area contributed by atoms with E-state index in [-0.39, 0.29) is 18.1 Å². The van der Waals surface area contributed by atoms with Crippen molar-refractivity contribution < 1.29 is 9.18 Å². The summed E-state index contributed by atoms with van der Waals surface area (Å²) in [4.78, 5) is 11.6. The minimum Gasteiger partial charge on any atom is -0.354 e. The van der Waals surface area contributed by atoms with Crippen molar-refractivity contribution in [3.8, 4) is 0 Å². The molecule has 0 aliphatic rings. The van der Waals surface area contributed by atoms with Crippen LogP contribution in [0.3, 0.4) is 0 Å². The molecule has 0 bridgehead atoms. The summed E-state index contributed by atoms with van der Waals surface area (Å²) in [5.41, 5.74) is 4.07. The van der Waals surface area contributed by atoms with Crippen LogP contribution in [-0.2, 0) is 18.3 Å². The number of halogens is 1. The number of nitrogens with one attached hydrogen (secondary N) is 1. The summed E-state index contributed by atoms with van der Waals surface area (Å²) < 4.78 is 14.5. The number of aromatic nitrogens is 1. The molecule has 1 aromatic carbocycles. The summed E-state index contributed by atoms with van der Waals surface area (Å²) in [7, 11) is 1.88. The molecule has 5 heteroatoms. The second kappa shape index (κ2) is 5.95. The number of carbonyl (C=O) groups is 1. The Labute approximate surface area is 110 Å². The van der Waals surface area contributed by atoms with Gasteiger partial charge in [0, 0.05) is 18.9 Å². The van der Waals surface area contributed by atoms with Crippen LogP contribution in [-0.4, -0.2) is 16.7 Å².